The number of hydrogen-bond donors (Lipinski definition) is 1. The minimum Gasteiger partial charge on any atom is -0.345 e. The molecular weight excluding hydrogens is 196 g/mol. The van der Waals surface area contributed by atoms with E-state index in [2.05, 4.69) is 28.9 Å². The Balaban J connectivity index is 2.66. The average molecular weight is 214 g/mol. The molecule has 0 atom stereocenters. The summed E-state index contributed by atoms with van der Waals surface area (Å²) in [6.45, 7) is 8.86. The predicted octanol–water partition coefficient (Wildman–Crippen LogP) is 1.27. The zero-order valence-corrected chi connectivity index (χ0v) is 9.84. The van der Waals surface area contributed by atoms with Crippen molar-refractivity contribution in [3.63, 3.8) is 0 Å². The molecule has 0 bridgehead atoms. The van der Waals surface area contributed by atoms with Gasteiger partial charge in [0, 0.05) is 19.6 Å². The summed E-state index contributed by atoms with van der Waals surface area (Å²) in [5.74, 6) is 0.616. The van der Waals surface area contributed by atoms with Gasteiger partial charge in [-0.05, 0) is 12.8 Å². The lowest BCUT2D eigenvalue weighted by Gasteiger charge is -2.22. The molecule has 14 heavy (non-hydrogen) atoms. The van der Waals surface area contributed by atoms with Crippen LogP contribution in [0.1, 0.15) is 18.9 Å². The van der Waals surface area contributed by atoms with Gasteiger partial charge < -0.3 is 10.6 Å². The van der Waals surface area contributed by atoms with Gasteiger partial charge in [0.05, 0.1) is 0 Å². The molecule has 2 N–H and O–H groups in total. The van der Waals surface area contributed by atoms with Gasteiger partial charge in [-0.2, -0.15) is 0 Å². The lowest BCUT2D eigenvalue weighted by Crippen LogP contribution is -2.32. The first-order valence-corrected chi connectivity index (χ1v) is 5.70. The highest BCUT2D eigenvalue weighted by molar-refractivity contribution is 7.15. The van der Waals surface area contributed by atoms with Crippen LogP contribution in [-0.2, 0) is 0 Å². The number of anilines is 1. The molecule has 0 saturated heterocycles. The number of hydrogen-bond acceptors (Lipinski definition) is 5. The molecular formula is C9H18N4S. The molecule has 0 unspecified atom stereocenters. The van der Waals surface area contributed by atoms with Crippen LogP contribution < -0.4 is 10.6 Å². The summed E-state index contributed by atoms with van der Waals surface area (Å²) in [4.78, 5) is 2.20. The van der Waals surface area contributed by atoms with Gasteiger partial charge in [-0.3, -0.25) is 0 Å². The highest BCUT2D eigenvalue weighted by Crippen LogP contribution is 2.19. The normalized spacial score (nSPS) is 10.9. The fraction of sp³-hybridized carbons (Fsp3) is 0.778. The molecule has 5 heteroatoms. The topological polar surface area (TPSA) is 55.0 Å². The van der Waals surface area contributed by atoms with Crippen molar-refractivity contribution < 1.29 is 0 Å². The van der Waals surface area contributed by atoms with Crippen molar-refractivity contribution in [3.8, 4) is 0 Å². The van der Waals surface area contributed by atoms with Crippen LogP contribution in [0.15, 0.2) is 0 Å². The first kappa shape index (κ1) is 11.4. The van der Waals surface area contributed by atoms with Gasteiger partial charge >= 0.3 is 0 Å². The summed E-state index contributed by atoms with van der Waals surface area (Å²) in [6.07, 6.45) is 0. The van der Waals surface area contributed by atoms with Crippen LogP contribution in [0.2, 0.25) is 0 Å². The van der Waals surface area contributed by atoms with Crippen molar-refractivity contribution in [3.05, 3.63) is 5.01 Å². The monoisotopic (exact) mass is 214 g/mol. The molecule has 1 heterocycles. The van der Waals surface area contributed by atoms with E-state index in [1.165, 1.54) is 0 Å². The molecule has 0 spiro atoms. The highest BCUT2D eigenvalue weighted by atomic mass is 32.1. The van der Waals surface area contributed by atoms with Crippen molar-refractivity contribution in [1.29, 1.82) is 0 Å². The number of nitrogens with zero attached hydrogens (tertiary/aromatic N) is 3. The van der Waals surface area contributed by atoms with E-state index in [-0.39, 0.29) is 0 Å². The van der Waals surface area contributed by atoms with E-state index < -0.39 is 0 Å². The van der Waals surface area contributed by atoms with Crippen LogP contribution in [0.3, 0.4) is 0 Å². The highest BCUT2D eigenvalue weighted by Gasteiger charge is 2.11. The Morgan fingerprint density at radius 2 is 2.14 bits per heavy atom. The predicted molar refractivity (Wildman–Crippen MR) is 60.8 cm³/mol. The molecule has 0 aromatic carbocycles. The Hall–Kier alpha value is -0.680. The lowest BCUT2D eigenvalue weighted by molar-refractivity contribution is 0.609. The Morgan fingerprint density at radius 3 is 2.57 bits per heavy atom. The fourth-order valence-electron chi connectivity index (χ4n) is 1.28. The molecule has 80 valence electrons. The van der Waals surface area contributed by atoms with E-state index in [0.29, 0.717) is 12.5 Å². The third kappa shape index (κ3) is 3.23. The molecule has 0 fully saturated rings. The van der Waals surface area contributed by atoms with E-state index >= 15 is 0 Å². The third-order valence-electron chi connectivity index (χ3n) is 1.77. The molecule has 0 aliphatic rings. The van der Waals surface area contributed by atoms with Gasteiger partial charge in [-0.15, -0.1) is 10.2 Å². The van der Waals surface area contributed by atoms with Gasteiger partial charge in [0.25, 0.3) is 0 Å². The summed E-state index contributed by atoms with van der Waals surface area (Å²) in [5.41, 5.74) is 5.56. The maximum absolute atomic E-state index is 5.56. The number of nitrogens with two attached hydrogens (primary N) is 1. The number of aromatic nitrogens is 2. The van der Waals surface area contributed by atoms with Gasteiger partial charge in [-0.25, -0.2) is 0 Å². The van der Waals surface area contributed by atoms with Gasteiger partial charge in [0.2, 0.25) is 5.13 Å². The first-order chi connectivity index (χ1) is 6.63. The largest absolute Gasteiger partial charge is 0.345 e. The maximum atomic E-state index is 5.56. The Labute approximate surface area is 89.1 Å². The molecule has 0 amide bonds. The second-order valence-electron chi connectivity index (χ2n) is 3.73. The summed E-state index contributed by atoms with van der Waals surface area (Å²) in [7, 11) is 0. The van der Waals surface area contributed by atoms with E-state index in [4.69, 9.17) is 5.73 Å². The van der Waals surface area contributed by atoms with Crippen molar-refractivity contribution in [1.82, 2.24) is 10.2 Å². The van der Waals surface area contributed by atoms with Gasteiger partial charge in [-0.1, -0.05) is 25.2 Å². The molecule has 0 saturated carbocycles. The van der Waals surface area contributed by atoms with Gasteiger partial charge in [0.15, 0.2) is 0 Å². The Kier molecular flexibility index (Phi) is 4.28. The Morgan fingerprint density at radius 1 is 1.43 bits per heavy atom. The molecule has 0 radical (unpaired) electrons. The molecule has 1 aromatic rings. The molecule has 1 rings (SSSR count). The Bertz CT molecular complexity index is 272. The maximum Gasteiger partial charge on any atom is 0.208 e. The summed E-state index contributed by atoms with van der Waals surface area (Å²) < 4.78 is 0. The minimum absolute atomic E-state index is 0.616. The smallest absolute Gasteiger partial charge is 0.208 e. The van der Waals surface area contributed by atoms with Crippen LogP contribution in [0.5, 0.6) is 0 Å². The SMILES string of the molecule is Cc1nnc(N(CCN)CC(C)C)s1. The molecule has 0 aliphatic heterocycles. The summed E-state index contributed by atoms with van der Waals surface area (Å²) in [5, 5.41) is 10.1. The van der Waals surface area contributed by atoms with Crippen molar-refractivity contribution in [2.45, 2.75) is 20.8 Å². The zero-order chi connectivity index (χ0) is 10.6. The minimum atomic E-state index is 0.616. The van der Waals surface area contributed by atoms with Crippen molar-refractivity contribution in [2.75, 3.05) is 24.5 Å². The van der Waals surface area contributed by atoms with Gasteiger partial charge in [0.1, 0.15) is 5.01 Å². The second kappa shape index (κ2) is 5.26. The summed E-state index contributed by atoms with van der Waals surface area (Å²) in [6, 6.07) is 0. The standard InChI is InChI=1S/C9H18N4S/c1-7(2)6-13(5-4-10)9-12-11-8(3)14-9/h7H,4-6,10H2,1-3H3. The van der Waals surface area contributed by atoms with E-state index in [1.54, 1.807) is 11.3 Å². The van der Waals surface area contributed by atoms with E-state index in [0.717, 1.165) is 23.2 Å². The zero-order valence-electron chi connectivity index (χ0n) is 9.03. The van der Waals surface area contributed by atoms with Crippen LogP contribution in [0.4, 0.5) is 5.13 Å². The summed E-state index contributed by atoms with van der Waals surface area (Å²) >= 11 is 1.63. The van der Waals surface area contributed by atoms with Crippen LogP contribution in [0.25, 0.3) is 0 Å². The van der Waals surface area contributed by atoms with Crippen LogP contribution >= 0.6 is 11.3 Å². The number of rotatable bonds is 5. The van der Waals surface area contributed by atoms with Crippen LogP contribution in [-0.4, -0.2) is 29.8 Å². The number of aryl methyl sites for hydroxylation is 1. The molecule has 4 nitrogen and oxygen atoms in total. The second-order valence-corrected chi connectivity index (χ2v) is 4.89. The molecule has 1 aromatic heterocycles. The van der Waals surface area contributed by atoms with Crippen LogP contribution in [0, 0.1) is 12.8 Å². The third-order valence-corrected chi connectivity index (χ3v) is 2.67. The first-order valence-electron chi connectivity index (χ1n) is 4.88. The van der Waals surface area contributed by atoms with E-state index in [1.807, 2.05) is 6.92 Å². The molecule has 0 aliphatic carbocycles. The van der Waals surface area contributed by atoms with E-state index in [9.17, 15) is 0 Å². The quantitative estimate of drug-likeness (QED) is 0.802. The van der Waals surface area contributed by atoms with Crippen molar-refractivity contribution >= 4 is 16.5 Å². The van der Waals surface area contributed by atoms with Crippen molar-refractivity contribution in [2.24, 2.45) is 11.7 Å². The fourth-order valence-corrected chi connectivity index (χ4v) is 2.00. The lowest BCUT2D eigenvalue weighted by atomic mass is 10.2. The average Bonchev–Trinajstić information content (AvgIpc) is 2.50.